The van der Waals surface area contributed by atoms with Crippen LogP contribution in [0.1, 0.15) is 12.8 Å². The third-order valence-corrected chi connectivity index (χ3v) is 1.63. The molecule has 0 aromatic carbocycles. The third-order valence-electron chi connectivity index (χ3n) is 1.63. The van der Waals surface area contributed by atoms with E-state index in [9.17, 15) is 4.79 Å². The summed E-state index contributed by atoms with van der Waals surface area (Å²) in [5.41, 5.74) is 8.84. The van der Waals surface area contributed by atoms with Crippen molar-refractivity contribution in [3.8, 4) is 0 Å². The van der Waals surface area contributed by atoms with E-state index in [4.69, 9.17) is 10.8 Å². The standard InChI is InChI=1S/C7H16N4O2/c1-10-7(9)11-4-2-3-5(8)6(12)13/h5H,2-4,8H2,1H3,(H,12,13)(H3,9,10,11)/p+1/t5-/m0/s1. The molecular formula is C7H17N4O2+. The molecule has 1 atom stereocenters. The van der Waals surface area contributed by atoms with Crippen molar-refractivity contribution in [3.05, 3.63) is 0 Å². The number of nitrogens with zero attached hydrogens (tertiary/aromatic N) is 1. The molecule has 0 aliphatic heterocycles. The lowest BCUT2D eigenvalue weighted by Gasteiger charge is -2.05. The van der Waals surface area contributed by atoms with Gasteiger partial charge in [0, 0.05) is 20.0 Å². The van der Waals surface area contributed by atoms with Crippen molar-refractivity contribution in [2.75, 3.05) is 13.6 Å². The number of nitrogens with two attached hydrogens (primary N) is 1. The molecular weight excluding hydrogens is 172 g/mol. The van der Waals surface area contributed by atoms with Crippen LogP contribution in [0.15, 0.2) is 4.99 Å². The summed E-state index contributed by atoms with van der Waals surface area (Å²) in [6.45, 7) is 0.627. The van der Waals surface area contributed by atoms with Gasteiger partial charge in [-0.25, -0.2) is 4.79 Å². The van der Waals surface area contributed by atoms with Gasteiger partial charge in [-0.1, -0.05) is 0 Å². The SMILES string of the molecule is CN=C(N)NCCC[C@H]([NH3+])C(=O)O. The Kier molecular flexibility index (Phi) is 5.62. The number of carboxylic acid groups (broad SMARTS) is 1. The van der Waals surface area contributed by atoms with Crippen LogP contribution in [0.4, 0.5) is 0 Å². The molecule has 0 heterocycles. The van der Waals surface area contributed by atoms with Gasteiger partial charge in [0.15, 0.2) is 12.0 Å². The molecule has 0 rings (SSSR count). The van der Waals surface area contributed by atoms with Crippen LogP contribution in [0.25, 0.3) is 0 Å². The van der Waals surface area contributed by atoms with Crippen molar-refractivity contribution in [1.82, 2.24) is 5.32 Å². The fourth-order valence-corrected chi connectivity index (χ4v) is 0.767. The van der Waals surface area contributed by atoms with Crippen LogP contribution in [0.5, 0.6) is 0 Å². The van der Waals surface area contributed by atoms with E-state index in [-0.39, 0.29) is 0 Å². The summed E-state index contributed by atoms with van der Waals surface area (Å²) in [5, 5.41) is 11.3. The van der Waals surface area contributed by atoms with Crippen molar-refractivity contribution in [2.45, 2.75) is 18.9 Å². The fraction of sp³-hybridized carbons (Fsp3) is 0.714. The first kappa shape index (κ1) is 11.7. The third kappa shape index (κ3) is 5.92. The molecule has 13 heavy (non-hydrogen) atoms. The van der Waals surface area contributed by atoms with Crippen LogP contribution in [-0.4, -0.2) is 36.7 Å². The molecule has 7 N–H and O–H groups in total. The number of quaternary nitrogens is 1. The first-order valence-electron chi connectivity index (χ1n) is 4.10. The second-order valence-electron chi connectivity index (χ2n) is 2.71. The summed E-state index contributed by atoms with van der Waals surface area (Å²) >= 11 is 0. The topological polar surface area (TPSA) is 115 Å². The number of carbonyl (C=O) groups is 1. The van der Waals surface area contributed by atoms with E-state index in [1.807, 2.05) is 0 Å². The molecule has 0 bridgehead atoms. The van der Waals surface area contributed by atoms with Crippen molar-refractivity contribution in [1.29, 1.82) is 0 Å². The second kappa shape index (κ2) is 6.24. The van der Waals surface area contributed by atoms with Gasteiger partial charge >= 0.3 is 5.97 Å². The monoisotopic (exact) mass is 189 g/mol. The molecule has 0 aromatic rings. The van der Waals surface area contributed by atoms with Crippen molar-refractivity contribution in [2.24, 2.45) is 10.7 Å². The summed E-state index contributed by atoms with van der Waals surface area (Å²) in [4.78, 5) is 14.0. The minimum absolute atomic E-state index is 0.371. The molecule has 0 unspecified atom stereocenters. The van der Waals surface area contributed by atoms with E-state index < -0.39 is 12.0 Å². The second-order valence-corrected chi connectivity index (χ2v) is 2.71. The fourth-order valence-electron chi connectivity index (χ4n) is 0.767. The number of hydrogen-bond acceptors (Lipinski definition) is 2. The van der Waals surface area contributed by atoms with E-state index >= 15 is 0 Å². The van der Waals surface area contributed by atoms with E-state index in [2.05, 4.69) is 16.0 Å². The first-order chi connectivity index (χ1) is 6.07. The van der Waals surface area contributed by atoms with Crippen LogP contribution >= 0.6 is 0 Å². The number of nitrogens with one attached hydrogen (secondary N) is 1. The van der Waals surface area contributed by atoms with E-state index in [0.29, 0.717) is 18.9 Å². The first-order valence-corrected chi connectivity index (χ1v) is 4.10. The number of aliphatic carboxylic acids is 1. The average molecular weight is 189 g/mol. The Balaban J connectivity index is 3.41. The highest BCUT2D eigenvalue weighted by atomic mass is 16.4. The molecule has 0 aromatic heterocycles. The van der Waals surface area contributed by atoms with Crippen LogP contribution in [0, 0.1) is 0 Å². The van der Waals surface area contributed by atoms with Gasteiger partial charge in [-0.2, -0.15) is 0 Å². The van der Waals surface area contributed by atoms with Crippen LogP contribution in [0.2, 0.25) is 0 Å². The van der Waals surface area contributed by atoms with Gasteiger partial charge in [-0.3, -0.25) is 4.99 Å². The van der Waals surface area contributed by atoms with Gasteiger partial charge in [-0.15, -0.1) is 0 Å². The minimum atomic E-state index is -0.864. The van der Waals surface area contributed by atoms with Crippen LogP contribution < -0.4 is 16.8 Å². The van der Waals surface area contributed by atoms with Gasteiger partial charge in [0.2, 0.25) is 0 Å². The highest BCUT2D eigenvalue weighted by Gasteiger charge is 2.13. The molecule has 0 saturated heterocycles. The molecule has 76 valence electrons. The van der Waals surface area contributed by atoms with Gasteiger partial charge in [0.25, 0.3) is 0 Å². The molecule has 0 radical (unpaired) electrons. The number of carboxylic acids is 1. The summed E-state index contributed by atoms with van der Waals surface area (Å²) < 4.78 is 0. The summed E-state index contributed by atoms with van der Waals surface area (Å²) in [5.74, 6) is -0.493. The Labute approximate surface area is 77.0 Å². The largest absolute Gasteiger partial charge is 0.477 e. The number of hydrogen-bond donors (Lipinski definition) is 4. The Morgan fingerprint density at radius 3 is 2.85 bits per heavy atom. The van der Waals surface area contributed by atoms with Crippen molar-refractivity contribution in [3.63, 3.8) is 0 Å². The normalized spacial score (nSPS) is 13.8. The minimum Gasteiger partial charge on any atom is -0.477 e. The zero-order chi connectivity index (χ0) is 10.3. The highest BCUT2D eigenvalue weighted by Crippen LogP contribution is 1.90. The predicted octanol–water partition coefficient (Wildman–Crippen LogP) is -2.00. The molecule has 0 aliphatic rings. The van der Waals surface area contributed by atoms with E-state index in [0.717, 1.165) is 6.42 Å². The molecule has 0 aliphatic carbocycles. The van der Waals surface area contributed by atoms with Crippen molar-refractivity contribution >= 4 is 11.9 Å². The summed E-state index contributed by atoms with van der Waals surface area (Å²) in [6.07, 6.45) is 1.26. The lowest BCUT2D eigenvalue weighted by Crippen LogP contribution is -2.64. The Hall–Kier alpha value is -1.30. The quantitative estimate of drug-likeness (QED) is 0.227. The summed E-state index contributed by atoms with van der Waals surface area (Å²) in [7, 11) is 1.59. The molecule has 0 fully saturated rings. The Morgan fingerprint density at radius 2 is 2.38 bits per heavy atom. The van der Waals surface area contributed by atoms with E-state index in [1.165, 1.54) is 0 Å². The zero-order valence-electron chi connectivity index (χ0n) is 7.79. The van der Waals surface area contributed by atoms with E-state index in [1.54, 1.807) is 7.05 Å². The smallest absolute Gasteiger partial charge is 0.362 e. The van der Waals surface area contributed by atoms with Crippen LogP contribution in [0.3, 0.4) is 0 Å². The number of aliphatic imine (C=N–C) groups is 1. The lowest BCUT2D eigenvalue weighted by atomic mass is 10.2. The molecule has 0 spiro atoms. The Bertz CT molecular complexity index is 193. The average Bonchev–Trinajstić information content (AvgIpc) is 2.11. The van der Waals surface area contributed by atoms with Gasteiger partial charge in [-0.05, 0) is 6.42 Å². The zero-order valence-corrected chi connectivity index (χ0v) is 7.79. The maximum absolute atomic E-state index is 10.4. The van der Waals surface area contributed by atoms with Gasteiger partial charge < -0.3 is 21.9 Å². The predicted molar refractivity (Wildman–Crippen MR) is 49.1 cm³/mol. The van der Waals surface area contributed by atoms with Gasteiger partial charge in [0.05, 0.1) is 0 Å². The maximum atomic E-state index is 10.4. The molecule has 6 heteroatoms. The Morgan fingerprint density at radius 1 is 1.77 bits per heavy atom. The maximum Gasteiger partial charge on any atom is 0.362 e. The lowest BCUT2D eigenvalue weighted by molar-refractivity contribution is -0.409. The van der Waals surface area contributed by atoms with Gasteiger partial charge in [0.1, 0.15) is 0 Å². The highest BCUT2D eigenvalue weighted by molar-refractivity contribution is 5.77. The van der Waals surface area contributed by atoms with Crippen LogP contribution in [-0.2, 0) is 4.79 Å². The molecule has 6 nitrogen and oxygen atoms in total. The van der Waals surface area contributed by atoms with Crippen molar-refractivity contribution < 1.29 is 15.6 Å². The number of rotatable bonds is 5. The molecule has 0 saturated carbocycles. The molecule has 0 amide bonds. The number of guanidine groups is 1. The summed E-state index contributed by atoms with van der Waals surface area (Å²) in [6, 6.07) is -0.540.